The third-order valence-corrected chi connectivity index (χ3v) is 1.14. The molecule has 0 saturated carbocycles. The van der Waals surface area contributed by atoms with Crippen LogP contribution in [0.15, 0.2) is 21.7 Å². The van der Waals surface area contributed by atoms with Gasteiger partial charge in [0.05, 0.1) is 12.8 Å². The highest BCUT2D eigenvalue weighted by Gasteiger charge is 1.94. The first-order chi connectivity index (χ1) is 3.97. The maximum absolute atomic E-state index is 4.95. The fourth-order valence-electron chi connectivity index (χ4n) is 0.755. The Labute approximate surface area is 46.2 Å². The molecule has 0 spiro atoms. The molecule has 0 bridgehead atoms. The maximum Gasteiger partial charge on any atom is 0.221 e. The largest absolute Gasteiger partial charge is 0.446 e. The molecule has 0 saturated heterocycles. The van der Waals surface area contributed by atoms with Crippen LogP contribution in [-0.4, -0.2) is 6.54 Å². The van der Waals surface area contributed by atoms with E-state index >= 15 is 0 Å². The van der Waals surface area contributed by atoms with Crippen LogP contribution in [0, 0.1) is 0 Å². The van der Waals surface area contributed by atoms with Crippen LogP contribution < -0.4 is 10.8 Å². The van der Waals surface area contributed by atoms with Crippen molar-refractivity contribution in [2.75, 3.05) is 6.54 Å². The molecule has 1 aromatic heterocycles. The van der Waals surface area contributed by atoms with E-state index in [2.05, 4.69) is 11.1 Å². The zero-order valence-corrected chi connectivity index (χ0v) is 4.22. The van der Waals surface area contributed by atoms with Crippen LogP contribution in [0.2, 0.25) is 0 Å². The van der Waals surface area contributed by atoms with Crippen molar-refractivity contribution >= 4 is 6.08 Å². The van der Waals surface area contributed by atoms with Gasteiger partial charge >= 0.3 is 0 Å². The van der Waals surface area contributed by atoms with Gasteiger partial charge in [-0.1, -0.05) is 0 Å². The molecule has 0 aromatic carbocycles. The Kier molecular flexibility index (Phi) is 0.592. The van der Waals surface area contributed by atoms with Gasteiger partial charge in [0, 0.05) is 5.22 Å². The van der Waals surface area contributed by atoms with E-state index in [-0.39, 0.29) is 0 Å². The summed E-state index contributed by atoms with van der Waals surface area (Å²) in [5, 5.41) is 1.00. The van der Waals surface area contributed by atoms with Crippen LogP contribution in [0.3, 0.4) is 0 Å². The standard InChI is InChI=1S/C6H4NO/c1-3-7-6-5(1)2-4-8-6/h2,4H,3H2. The summed E-state index contributed by atoms with van der Waals surface area (Å²) >= 11 is 0. The summed E-state index contributed by atoms with van der Waals surface area (Å²) in [7, 11) is 0. The van der Waals surface area contributed by atoms with E-state index in [0.717, 1.165) is 10.8 Å². The summed E-state index contributed by atoms with van der Waals surface area (Å²) in [6.45, 7) is 0.662. The Morgan fingerprint density at radius 2 is 2.75 bits per heavy atom. The topological polar surface area (TPSA) is 25.5 Å². The molecular formula is C6H4NO. The number of fused-ring (bicyclic) bond motifs is 1. The van der Waals surface area contributed by atoms with E-state index in [4.69, 9.17) is 4.42 Å². The fourth-order valence-corrected chi connectivity index (χ4v) is 0.755. The molecule has 1 aromatic rings. The third-order valence-electron chi connectivity index (χ3n) is 1.14. The fraction of sp³-hybridized carbons (Fsp3) is 0.167. The van der Waals surface area contributed by atoms with E-state index in [1.807, 2.05) is 6.07 Å². The molecule has 2 nitrogen and oxygen atoms in total. The first-order valence-electron chi connectivity index (χ1n) is 2.46. The Morgan fingerprint density at radius 3 is 3.62 bits per heavy atom. The number of hydrogen-bond donors (Lipinski definition) is 0. The van der Waals surface area contributed by atoms with Crippen molar-refractivity contribution in [1.29, 1.82) is 0 Å². The molecule has 8 heavy (non-hydrogen) atoms. The van der Waals surface area contributed by atoms with Crippen molar-refractivity contribution in [3.63, 3.8) is 0 Å². The van der Waals surface area contributed by atoms with Crippen molar-refractivity contribution in [3.8, 4) is 0 Å². The van der Waals surface area contributed by atoms with Gasteiger partial charge in [-0.2, -0.15) is 0 Å². The summed E-state index contributed by atoms with van der Waals surface area (Å²) in [6.07, 6.45) is 4.64. The van der Waals surface area contributed by atoms with Crippen LogP contribution in [0.25, 0.3) is 6.08 Å². The predicted molar refractivity (Wildman–Crippen MR) is 27.8 cm³/mol. The van der Waals surface area contributed by atoms with Crippen LogP contribution >= 0.6 is 0 Å². The second-order valence-corrected chi connectivity index (χ2v) is 1.63. The van der Waals surface area contributed by atoms with Gasteiger partial charge in [-0.15, -0.1) is 0 Å². The van der Waals surface area contributed by atoms with Gasteiger partial charge in [-0.25, -0.2) is 4.99 Å². The minimum absolute atomic E-state index is 0.662. The van der Waals surface area contributed by atoms with Crippen LogP contribution in [0.5, 0.6) is 0 Å². The lowest BCUT2D eigenvalue weighted by Gasteiger charge is -1.66. The molecular weight excluding hydrogens is 102 g/mol. The minimum Gasteiger partial charge on any atom is -0.446 e. The minimum atomic E-state index is 0.662. The van der Waals surface area contributed by atoms with Gasteiger partial charge in [0.1, 0.15) is 0 Å². The average Bonchev–Trinajstić information content (AvgIpc) is 2.15. The maximum atomic E-state index is 4.95. The van der Waals surface area contributed by atoms with Crippen molar-refractivity contribution in [2.45, 2.75) is 0 Å². The molecule has 1 radical (unpaired) electrons. The molecule has 2 rings (SSSR count). The number of nitrogens with zero attached hydrogens (tertiary/aromatic N) is 1. The third kappa shape index (κ3) is 0.346. The van der Waals surface area contributed by atoms with Gasteiger partial charge in [0.2, 0.25) is 5.55 Å². The van der Waals surface area contributed by atoms with E-state index < -0.39 is 0 Å². The summed E-state index contributed by atoms with van der Waals surface area (Å²) in [4.78, 5) is 3.98. The molecule has 0 N–H and O–H groups in total. The predicted octanol–water partition coefficient (Wildman–Crippen LogP) is -0.430. The van der Waals surface area contributed by atoms with Crippen molar-refractivity contribution in [2.24, 2.45) is 4.99 Å². The van der Waals surface area contributed by atoms with Gasteiger partial charge in [0.25, 0.3) is 0 Å². The van der Waals surface area contributed by atoms with Gasteiger partial charge in [-0.3, -0.25) is 0 Å². The highest BCUT2D eigenvalue weighted by Crippen LogP contribution is 1.78. The molecule has 2 heterocycles. The van der Waals surface area contributed by atoms with Crippen molar-refractivity contribution < 1.29 is 4.42 Å². The van der Waals surface area contributed by atoms with Crippen molar-refractivity contribution in [1.82, 2.24) is 0 Å². The molecule has 0 atom stereocenters. The summed E-state index contributed by atoms with van der Waals surface area (Å²) in [6, 6.07) is 1.87. The number of rotatable bonds is 0. The monoisotopic (exact) mass is 106 g/mol. The zero-order valence-electron chi connectivity index (χ0n) is 4.22. The molecule has 2 heteroatoms. The zero-order chi connectivity index (χ0) is 5.40. The lowest BCUT2D eigenvalue weighted by Crippen LogP contribution is -2.14. The Hall–Kier alpha value is -1.05. The highest BCUT2D eigenvalue weighted by atomic mass is 16.3. The second kappa shape index (κ2) is 1.22. The normalized spacial score (nSPS) is 14.5. The summed E-state index contributed by atoms with van der Waals surface area (Å²) in [5.74, 6) is 0. The smallest absolute Gasteiger partial charge is 0.221 e. The number of furan rings is 1. The first kappa shape index (κ1) is 3.89. The van der Waals surface area contributed by atoms with E-state index in [0.29, 0.717) is 6.54 Å². The van der Waals surface area contributed by atoms with Gasteiger partial charge in [-0.05, 0) is 12.1 Å². The van der Waals surface area contributed by atoms with Gasteiger partial charge in [0.15, 0.2) is 0 Å². The molecule has 0 aliphatic carbocycles. The summed E-state index contributed by atoms with van der Waals surface area (Å²) < 4.78 is 4.95. The first-order valence-corrected chi connectivity index (χ1v) is 2.46. The molecule has 0 amide bonds. The molecule has 0 fully saturated rings. The lowest BCUT2D eigenvalue weighted by molar-refractivity contribution is 0.510. The SMILES string of the molecule is [C]1=c2ccoc2=NC1. The van der Waals surface area contributed by atoms with Crippen molar-refractivity contribution in [3.05, 3.63) is 23.1 Å². The Morgan fingerprint density at radius 1 is 1.75 bits per heavy atom. The lowest BCUT2D eigenvalue weighted by atomic mass is 10.4. The Bertz CT molecular complexity index is 268. The molecule has 1 aliphatic rings. The van der Waals surface area contributed by atoms with E-state index in [1.165, 1.54) is 0 Å². The van der Waals surface area contributed by atoms with E-state index in [1.54, 1.807) is 6.26 Å². The molecule has 0 unspecified atom stereocenters. The quantitative estimate of drug-likeness (QED) is 0.440. The van der Waals surface area contributed by atoms with E-state index in [9.17, 15) is 0 Å². The van der Waals surface area contributed by atoms with Gasteiger partial charge < -0.3 is 4.42 Å². The average molecular weight is 106 g/mol. The second-order valence-electron chi connectivity index (χ2n) is 1.63. The van der Waals surface area contributed by atoms with Crippen LogP contribution in [0.4, 0.5) is 0 Å². The molecule has 39 valence electrons. The van der Waals surface area contributed by atoms with Crippen LogP contribution in [0.1, 0.15) is 0 Å². The number of hydrogen-bond acceptors (Lipinski definition) is 2. The Balaban J connectivity index is 3.08. The highest BCUT2D eigenvalue weighted by molar-refractivity contribution is 5.25. The molecule has 1 aliphatic heterocycles. The van der Waals surface area contributed by atoms with Crippen LogP contribution in [-0.2, 0) is 0 Å². The summed E-state index contributed by atoms with van der Waals surface area (Å²) in [5.41, 5.74) is 0.727.